The zero-order chi connectivity index (χ0) is 14.7. The molecule has 0 spiro atoms. The van der Waals surface area contributed by atoms with E-state index in [2.05, 4.69) is 15.6 Å². The normalized spacial score (nSPS) is 19.0. The molecule has 0 aromatic heterocycles. The summed E-state index contributed by atoms with van der Waals surface area (Å²) in [5, 5.41) is 6.54. The van der Waals surface area contributed by atoms with Crippen molar-refractivity contribution in [3.63, 3.8) is 0 Å². The van der Waals surface area contributed by atoms with E-state index in [0.717, 1.165) is 18.8 Å². The number of rotatable bonds is 3. The van der Waals surface area contributed by atoms with Crippen LogP contribution in [0.4, 0.5) is 8.78 Å². The first-order chi connectivity index (χ1) is 10.2. The molecule has 1 aliphatic heterocycles. The van der Waals surface area contributed by atoms with Gasteiger partial charge in [-0.15, -0.1) is 0 Å². The Morgan fingerprint density at radius 2 is 1.90 bits per heavy atom. The van der Waals surface area contributed by atoms with E-state index in [1.807, 2.05) is 6.08 Å². The molecule has 0 atom stereocenters. The van der Waals surface area contributed by atoms with E-state index in [0.29, 0.717) is 18.3 Å². The first-order valence-corrected chi connectivity index (χ1v) is 7.43. The third kappa shape index (κ3) is 3.40. The van der Waals surface area contributed by atoms with Gasteiger partial charge in [-0.1, -0.05) is 18.9 Å². The highest BCUT2D eigenvalue weighted by molar-refractivity contribution is 5.82. The highest BCUT2D eigenvalue weighted by atomic mass is 19.1. The summed E-state index contributed by atoms with van der Waals surface area (Å²) in [7, 11) is 0. The molecule has 21 heavy (non-hydrogen) atoms. The van der Waals surface area contributed by atoms with Crippen LogP contribution in [0, 0.1) is 11.6 Å². The van der Waals surface area contributed by atoms with Crippen LogP contribution >= 0.6 is 0 Å². The summed E-state index contributed by atoms with van der Waals surface area (Å²) in [5.74, 6) is -0.319. The summed E-state index contributed by atoms with van der Waals surface area (Å²) in [6.07, 6.45) is 6.84. The molecule has 1 saturated carbocycles. The van der Waals surface area contributed by atoms with Gasteiger partial charge >= 0.3 is 0 Å². The number of allylic oxidation sites excluding steroid dienone is 1. The van der Waals surface area contributed by atoms with Crippen molar-refractivity contribution in [2.24, 2.45) is 4.99 Å². The summed E-state index contributed by atoms with van der Waals surface area (Å²) in [5.41, 5.74) is 0.771. The number of nitrogens with zero attached hydrogens (tertiary/aromatic N) is 1. The molecule has 2 N–H and O–H groups in total. The summed E-state index contributed by atoms with van der Waals surface area (Å²) in [6, 6.07) is 4.39. The first kappa shape index (κ1) is 14.0. The topological polar surface area (TPSA) is 36.4 Å². The van der Waals surface area contributed by atoms with Crippen molar-refractivity contribution in [2.75, 3.05) is 6.54 Å². The van der Waals surface area contributed by atoms with Crippen LogP contribution in [-0.4, -0.2) is 18.5 Å². The second-order valence-electron chi connectivity index (χ2n) is 5.54. The van der Waals surface area contributed by atoms with E-state index in [1.165, 1.54) is 31.0 Å². The van der Waals surface area contributed by atoms with Gasteiger partial charge in [-0.05, 0) is 31.1 Å². The van der Waals surface area contributed by atoms with Crippen LogP contribution in [-0.2, 0) is 6.42 Å². The third-order valence-corrected chi connectivity index (χ3v) is 3.98. The minimum atomic E-state index is -0.519. The van der Waals surface area contributed by atoms with E-state index in [-0.39, 0.29) is 12.0 Å². The fourth-order valence-corrected chi connectivity index (χ4v) is 2.84. The summed E-state index contributed by atoms with van der Waals surface area (Å²) in [6.45, 7) is 0.629. The molecule has 0 amide bonds. The molecule has 1 fully saturated rings. The van der Waals surface area contributed by atoms with Gasteiger partial charge in [-0.2, -0.15) is 0 Å². The number of halogens is 2. The van der Waals surface area contributed by atoms with Crippen LogP contribution in [0.1, 0.15) is 31.2 Å². The molecule has 112 valence electrons. The number of benzene rings is 1. The monoisotopic (exact) mass is 291 g/mol. The van der Waals surface area contributed by atoms with Crippen LogP contribution in [0.5, 0.6) is 0 Å². The van der Waals surface area contributed by atoms with Gasteiger partial charge in [-0.3, -0.25) is 0 Å². The maximum absolute atomic E-state index is 13.7. The molecule has 3 rings (SSSR count). The maximum atomic E-state index is 13.7. The van der Waals surface area contributed by atoms with Gasteiger partial charge in [0.05, 0.1) is 0 Å². The minimum absolute atomic E-state index is 0.0783. The molecule has 1 heterocycles. The van der Waals surface area contributed by atoms with E-state index in [1.54, 1.807) is 0 Å². The van der Waals surface area contributed by atoms with Crippen LogP contribution in [0.15, 0.2) is 35.0 Å². The summed E-state index contributed by atoms with van der Waals surface area (Å²) < 4.78 is 27.4. The molecule has 2 aliphatic rings. The van der Waals surface area contributed by atoms with Gasteiger partial charge in [0.2, 0.25) is 0 Å². The minimum Gasteiger partial charge on any atom is -0.353 e. The Labute approximate surface area is 123 Å². The second kappa shape index (κ2) is 6.24. The Bertz CT molecular complexity index is 555. The molecule has 3 nitrogen and oxygen atoms in total. The van der Waals surface area contributed by atoms with E-state index in [9.17, 15) is 8.78 Å². The standard InChI is InChI=1S/C16H19F2N3/c17-14-6-3-7-15(18)13(14)10-12-8-9-19-16(21-12)20-11-4-1-2-5-11/h3,6-8,11H,1-2,4-5,9-10H2,(H2,19,20,21). The fraction of sp³-hybridized carbons (Fsp3) is 0.438. The molecule has 1 aromatic carbocycles. The summed E-state index contributed by atoms with van der Waals surface area (Å²) in [4.78, 5) is 4.44. The molecule has 0 radical (unpaired) electrons. The number of aliphatic imine (C=N–C) groups is 1. The quantitative estimate of drug-likeness (QED) is 0.898. The SMILES string of the molecule is Fc1cccc(F)c1CC1=CCNC(NC2CCCC2)=N1. The Balaban J connectivity index is 1.70. The van der Waals surface area contributed by atoms with Crippen molar-refractivity contribution < 1.29 is 8.78 Å². The van der Waals surface area contributed by atoms with Gasteiger partial charge in [-0.25, -0.2) is 13.8 Å². The van der Waals surface area contributed by atoms with E-state index >= 15 is 0 Å². The number of nitrogens with one attached hydrogen (secondary N) is 2. The predicted molar refractivity (Wildman–Crippen MR) is 79.0 cm³/mol. The largest absolute Gasteiger partial charge is 0.353 e. The van der Waals surface area contributed by atoms with E-state index < -0.39 is 11.6 Å². The molecular weight excluding hydrogens is 272 g/mol. The smallest absolute Gasteiger partial charge is 0.196 e. The molecule has 1 aliphatic carbocycles. The Morgan fingerprint density at radius 3 is 2.62 bits per heavy atom. The van der Waals surface area contributed by atoms with E-state index in [4.69, 9.17) is 0 Å². The lowest BCUT2D eigenvalue weighted by Crippen LogP contribution is -2.43. The first-order valence-electron chi connectivity index (χ1n) is 7.43. The lowest BCUT2D eigenvalue weighted by atomic mass is 10.1. The zero-order valence-electron chi connectivity index (χ0n) is 11.8. The average Bonchev–Trinajstić information content (AvgIpc) is 2.96. The Morgan fingerprint density at radius 1 is 1.19 bits per heavy atom. The number of guanidine groups is 1. The maximum Gasteiger partial charge on any atom is 0.196 e. The third-order valence-electron chi connectivity index (χ3n) is 3.98. The van der Waals surface area contributed by atoms with Crippen LogP contribution in [0.3, 0.4) is 0 Å². The van der Waals surface area contributed by atoms with Crippen LogP contribution in [0.2, 0.25) is 0 Å². The highest BCUT2D eigenvalue weighted by Crippen LogP contribution is 2.19. The molecule has 5 heteroatoms. The molecule has 0 saturated heterocycles. The predicted octanol–water partition coefficient (Wildman–Crippen LogP) is 2.88. The molecule has 1 aromatic rings. The Kier molecular flexibility index (Phi) is 4.18. The van der Waals surface area contributed by atoms with Crippen LogP contribution < -0.4 is 10.6 Å². The molecule has 0 bridgehead atoms. The van der Waals surface area contributed by atoms with Gasteiger partial charge < -0.3 is 10.6 Å². The van der Waals surface area contributed by atoms with Crippen molar-refractivity contribution in [3.8, 4) is 0 Å². The van der Waals surface area contributed by atoms with Crippen molar-refractivity contribution >= 4 is 5.96 Å². The van der Waals surface area contributed by atoms with Crippen molar-refractivity contribution in [2.45, 2.75) is 38.1 Å². The van der Waals surface area contributed by atoms with Gasteiger partial charge in [0.25, 0.3) is 0 Å². The van der Waals surface area contributed by atoms with Crippen molar-refractivity contribution in [3.05, 3.63) is 47.2 Å². The lowest BCUT2D eigenvalue weighted by Gasteiger charge is -2.20. The zero-order valence-corrected chi connectivity index (χ0v) is 11.8. The van der Waals surface area contributed by atoms with Crippen molar-refractivity contribution in [1.82, 2.24) is 10.6 Å². The lowest BCUT2D eigenvalue weighted by molar-refractivity contribution is 0.559. The average molecular weight is 291 g/mol. The second-order valence-corrected chi connectivity index (χ2v) is 5.54. The van der Waals surface area contributed by atoms with Gasteiger partial charge in [0.1, 0.15) is 11.6 Å². The fourth-order valence-electron chi connectivity index (χ4n) is 2.84. The highest BCUT2D eigenvalue weighted by Gasteiger charge is 2.18. The van der Waals surface area contributed by atoms with Crippen molar-refractivity contribution in [1.29, 1.82) is 0 Å². The van der Waals surface area contributed by atoms with Gasteiger partial charge in [0, 0.05) is 30.3 Å². The van der Waals surface area contributed by atoms with Gasteiger partial charge in [0.15, 0.2) is 5.96 Å². The number of hydrogen-bond acceptors (Lipinski definition) is 3. The summed E-state index contributed by atoms with van der Waals surface area (Å²) >= 11 is 0. The molecule has 0 unspecified atom stereocenters. The molecular formula is C16H19F2N3. The number of hydrogen-bond donors (Lipinski definition) is 2. The van der Waals surface area contributed by atoms with Crippen LogP contribution in [0.25, 0.3) is 0 Å². The Hall–Kier alpha value is -1.91.